The number of amides is 1. The minimum absolute atomic E-state index is 0.0139. The Labute approximate surface area is 179 Å². The largest absolute Gasteiger partial charge is 0.342 e. The first kappa shape index (κ1) is 19.4. The minimum atomic E-state index is -0.341. The molecule has 0 N–H and O–H groups in total. The summed E-state index contributed by atoms with van der Waals surface area (Å²) >= 11 is 0. The van der Waals surface area contributed by atoms with Gasteiger partial charge < -0.3 is 9.42 Å². The van der Waals surface area contributed by atoms with E-state index in [4.69, 9.17) is 4.52 Å². The molecule has 0 bridgehead atoms. The molecule has 5 rings (SSSR count). The second kappa shape index (κ2) is 8.30. The van der Waals surface area contributed by atoms with Crippen molar-refractivity contribution in [3.8, 4) is 11.4 Å². The molecular weight excluding hydrogens is 393 g/mol. The fourth-order valence-corrected chi connectivity index (χ4v) is 4.27. The number of nitrogens with zero attached hydrogens (tertiary/aromatic N) is 3. The minimum Gasteiger partial charge on any atom is -0.342 e. The molecule has 156 valence electrons. The third-order valence-corrected chi connectivity index (χ3v) is 5.87. The van der Waals surface area contributed by atoms with E-state index in [9.17, 15) is 9.18 Å². The molecule has 2 heterocycles. The van der Waals surface area contributed by atoms with E-state index in [1.165, 1.54) is 12.1 Å². The standard InChI is InChI=1S/C25H22FN3O2/c26-21-11-4-9-19(14-21)24-27-25(31-28-24)20-10-5-13-29(16-20)23(30)15-18-8-3-7-17-6-1-2-12-22(17)18/h1-4,6-9,11-12,14,20H,5,10,13,15-16H2. The predicted molar refractivity (Wildman–Crippen MR) is 116 cm³/mol. The van der Waals surface area contributed by atoms with Crippen molar-refractivity contribution < 1.29 is 13.7 Å². The molecule has 1 aliphatic rings. The van der Waals surface area contributed by atoms with Gasteiger partial charge in [-0.15, -0.1) is 0 Å². The lowest BCUT2D eigenvalue weighted by Gasteiger charge is -2.31. The second-order valence-corrected chi connectivity index (χ2v) is 7.96. The highest BCUT2D eigenvalue weighted by atomic mass is 19.1. The fraction of sp³-hybridized carbons (Fsp3) is 0.240. The van der Waals surface area contributed by atoms with E-state index in [0.717, 1.165) is 35.7 Å². The summed E-state index contributed by atoms with van der Waals surface area (Å²) < 4.78 is 19.0. The van der Waals surface area contributed by atoms with Crippen LogP contribution in [0.4, 0.5) is 4.39 Å². The molecule has 0 spiro atoms. The molecule has 1 aromatic heterocycles. The molecule has 31 heavy (non-hydrogen) atoms. The summed E-state index contributed by atoms with van der Waals surface area (Å²) in [6, 6.07) is 20.3. The number of piperidine rings is 1. The Morgan fingerprint density at radius 1 is 1.10 bits per heavy atom. The predicted octanol–water partition coefficient (Wildman–Crippen LogP) is 4.98. The zero-order valence-electron chi connectivity index (χ0n) is 17.0. The van der Waals surface area contributed by atoms with E-state index >= 15 is 0 Å². The summed E-state index contributed by atoms with van der Waals surface area (Å²) in [5, 5.41) is 6.27. The van der Waals surface area contributed by atoms with E-state index in [1.807, 2.05) is 29.2 Å². The van der Waals surface area contributed by atoms with Gasteiger partial charge in [0.05, 0.1) is 12.3 Å². The molecule has 0 saturated carbocycles. The van der Waals surface area contributed by atoms with Crippen LogP contribution in [0, 0.1) is 5.82 Å². The van der Waals surface area contributed by atoms with Crippen LogP contribution < -0.4 is 0 Å². The van der Waals surface area contributed by atoms with E-state index in [-0.39, 0.29) is 17.6 Å². The number of hydrogen-bond donors (Lipinski definition) is 0. The number of halogens is 1. The van der Waals surface area contributed by atoms with Crippen LogP contribution in [0.25, 0.3) is 22.2 Å². The van der Waals surface area contributed by atoms with Crippen LogP contribution >= 0.6 is 0 Å². The first-order valence-corrected chi connectivity index (χ1v) is 10.5. The van der Waals surface area contributed by atoms with Gasteiger partial charge in [-0.25, -0.2) is 4.39 Å². The average molecular weight is 415 g/mol. The van der Waals surface area contributed by atoms with Gasteiger partial charge in [0.25, 0.3) is 0 Å². The van der Waals surface area contributed by atoms with Crippen LogP contribution in [-0.2, 0) is 11.2 Å². The number of fused-ring (bicyclic) bond motifs is 1. The number of benzene rings is 3. The summed E-state index contributed by atoms with van der Waals surface area (Å²) in [4.78, 5) is 19.4. The Bertz CT molecular complexity index is 1230. The van der Waals surface area contributed by atoms with E-state index in [1.54, 1.807) is 12.1 Å². The Kier molecular flexibility index (Phi) is 5.20. The van der Waals surface area contributed by atoms with Crippen LogP contribution in [0.2, 0.25) is 0 Å². The highest BCUT2D eigenvalue weighted by Crippen LogP contribution is 2.28. The summed E-state index contributed by atoms with van der Waals surface area (Å²) in [5.41, 5.74) is 1.62. The van der Waals surface area contributed by atoms with Gasteiger partial charge in [0.15, 0.2) is 0 Å². The number of hydrogen-bond acceptors (Lipinski definition) is 4. The molecule has 1 aliphatic heterocycles. The molecule has 6 heteroatoms. The lowest BCUT2D eigenvalue weighted by Crippen LogP contribution is -2.40. The van der Waals surface area contributed by atoms with Crippen molar-refractivity contribution in [1.82, 2.24) is 15.0 Å². The van der Waals surface area contributed by atoms with Gasteiger partial charge >= 0.3 is 0 Å². The van der Waals surface area contributed by atoms with Crippen molar-refractivity contribution in [2.45, 2.75) is 25.2 Å². The summed E-state index contributed by atoms with van der Waals surface area (Å²) in [6.07, 6.45) is 2.12. The van der Waals surface area contributed by atoms with Gasteiger partial charge in [-0.3, -0.25) is 4.79 Å². The van der Waals surface area contributed by atoms with Gasteiger partial charge in [-0.05, 0) is 41.3 Å². The Morgan fingerprint density at radius 2 is 1.94 bits per heavy atom. The summed E-state index contributed by atoms with van der Waals surface area (Å²) in [6.45, 7) is 1.28. The average Bonchev–Trinajstić information content (AvgIpc) is 3.30. The molecule has 1 unspecified atom stereocenters. The van der Waals surface area contributed by atoms with Crippen LogP contribution in [0.3, 0.4) is 0 Å². The maximum absolute atomic E-state index is 13.5. The monoisotopic (exact) mass is 415 g/mol. The molecule has 1 saturated heterocycles. The van der Waals surface area contributed by atoms with Crippen LogP contribution in [0.15, 0.2) is 71.3 Å². The number of carbonyl (C=O) groups excluding carboxylic acids is 1. The summed E-state index contributed by atoms with van der Waals surface area (Å²) in [7, 11) is 0. The first-order chi connectivity index (χ1) is 15.2. The van der Waals surface area contributed by atoms with E-state index in [0.29, 0.717) is 30.2 Å². The second-order valence-electron chi connectivity index (χ2n) is 7.96. The molecule has 0 aliphatic carbocycles. The number of aromatic nitrogens is 2. The van der Waals surface area contributed by atoms with E-state index < -0.39 is 0 Å². The summed E-state index contributed by atoms with van der Waals surface area (Å²) in [5.74, 6) is 0.619. The Hall–Kier alpha value is -3.54. The molecule has 1 fully saturated rings. The van der Waals surface area contributed by atoms with Crippen molar-refractivity contribution in [1.29, 1.82) is 0 Å². The van der Waals surface area contributed by atoms with Gasteiger partial charge in [0, 0.05) is 18.7 Å². The molecule has 4 aromatic rings. The smallest absolute Gasteiger partial charge is 0.231 e. The topological polar surface area (TPSA) is 59.2 Å². The third-order valence-electron chi connectivity index (χ3n) is 5.87. The number of rotatable bonds is 4. The fourth-order valence-electron chi connectivity index (χ4n) is 4.27. The zero-order chi connectivity index (χ0) is 21.2. The molecule has 0 radical (unpaired) electrons. The maximum Gasteiger partial charge on any atom is 0.231 e. The van der Waals surface area contributed by atoms with Crippen LogP contribution in [-0.4, -0.2) is 34.0 Å². The normalized spacial score (nSPS) is 16.5. The zero-order valence-corrected chi connectivity index (χ0v) is 17.0. The van der Waals surface area contributed by atoms with Crippen molar-refractivity contribution in [3.63, 3.8) is 0 Å². The molecule has 1 atom stereocenters. The maximum atomic E-state index is 13.5. The van der Waals surface area contributed by atoms with Gasteiger partial charge in [-0.1, -0.05) is 59.8 Å². The van der Waals surface area contributed by atoms with Crippen LogP contribution in [0.1, 0.15) is 30.2 Å². The Balaban J connectivity index is 1.31. The number of carbonyl (C=O) groups is 1. The molecular formula is C25H22FN3O2. The van der Waals surface area contributed by atoms with E-state index in [2.05, 4.69) is 28.3 Å². The molecule has 1 amide bonds. The van der Waals surface area contributed by atoms with Crippen molar-refractivity contribution in [2.75, 3.05) is 13.1 Å². The Morgan fingerprint density at radius 3 is 2.84 bits per heavy atom. The van der Waals surface area contributed by atoms with Crippen molar-refractivity contribution >= 4 is 16.7 Å². The lowest BCUT2D eigenvalue weighted by molar-refractivity contribution is -0.131. The van der Waals surface area contributed by atoms with Crippen LogP contribution in [0.5, 0.6) is 0 Å². The van der Waals surface area contributed by atoms with Crippen molar-refractivity contribution in [2.24, 2.45) is 0 Å². The van der Waals surface area contributed by atoms with Gasteiger partial charge in [0.2, 0.25) is 17.6 Å². The third kappa shape index (κ3) is 4.06. The first-order valence-electron chi connectivity index (χ1n) is 10.5. The highest BCUT2D eigenvalue weighted by molar-refractivity contribution is 5.90. The van der Waals surface area contributed by atoms with Gasteiger partial charge in [0.1, 0.15) is 5.82 Å². The van der Waals surface area contributed by atoms with Crippen molar-refractivity contribution in [3.05, 3.63) is 84.0 Å². The quantitative estimate of drug-likeness (QED) is 0.472. The molecule has 3 aromatic carbocycles. The SMILES string of the molecule is O=C(Cc1cccc2ccccc12)N1CCCC(c2nc(-c3cccc(F)c3)no2)C1. The molecule has 5 nitrogen and oxygen atoms in total. The van der Waals surface area contributed by atoms with Gasteiger partial charge in [-0.2, -0.15) is 4.98 Å². The highest BCUT2D eigenvalue weighted by Gasteiger charge is 2.29. The lowest BCUT2D eigenvalue weighted by atomic mass is 9.96. The number of likely N-dealkylation sites (tertiary alicyclic amines) is 1.